The summed E-state index contributed by atoms with van der Waals surface area (Å²) in [5.41, 5.74) is 0.998. The number of nitrogens with zero attached hydrogens (tertiary/aromatic N) is 2. The lowest BCUT2D eigenvalue weighted by Gasteiger charge is -2.05. The van der Waals surface area contributed by atoms with Crippen LogP contribution in [-0.4, -0.2) is 23.6 Å². The van der Waals surface area contributed by atoms with Crippen molar-refractivity contribution in [2.24, 2.45) is 4.99 Å². The highest BCUT2D eigenvalue weighted by Gasteiger charge is 2.16. The van der Waals surface area contributed by atoms with E-state index < -0.39 is 11.9 Å². The molecule has 0 aliphatic rings. The first kappa shape index (κ1) is 17.7. The minimum Gasteiger partial charge on any atom is -0.468 e. The SMILES string of the molecule is COC(=O)Cn1c(=NC(=O)c2ccccc2)sc2ccc(Cl)c(Cl)c21. The number of rotatable bonds is 3. The van der Waals surface area contributed by atoms with E-state index in [1.54, 1.807) is 41.0 Å². The van der Waals surface area contributed by atoms with Gasteiger partial charge in [-0.3, -0.25) is 9.59 Å². The van der Waals surface area contributed by atoms with E-state index in [9.17, 15) is 9.59 Å². The summed E-state index contributed by atoms with van der Waals surface area (Å²) in [4.78, 5) is 28.7. The molecule has 1 amide bonds. The Balaban J connectivity index is 2.22. The zero-order chi connectivity index (χ0) is 18.0. The zero-order valence-corrected chi connectivity index (χ0v) is 15.4. The van der Waals surface area contributed by atoms with Crippen LogP contribution in [0.15, 0.2) is 47.5 Å². The van der Waals surface area contributed by atoms with E-state index in [1.165, 1.54) is 18.4 Å². The highest BCUT2D eigenvalue weighted by Crippen LogP contribution is 2.32. The normalized spacial score (nSPS) is 11.7. The van der Waals surface area contributed by atoms with Gasteiger partial charge < -0.3 is 9.30 Å². The Bertz CT molecular complexity index is 1030. The first-order valence-corrected chi connectivity index (χ1v) is 8.76. The third kappa shape index (κ3) is 3.61. The lowest BCUT2D eigenvalue weighted by molar-refractivity contribution is -0.141. The van der Waals surface area contributed by atoms with Crippen molar-refractivity contribution in [2.75, 3.05) is 7.11 Å². The Morgan fingerprint density at radius 2 is 1.88 bits per heavy atom. The van der Waals surface area contributed by atoms with Crippen molar-refractivity contribution < 1.29 is 14.3 Å². The first-order valence-electron chi connectivity index (χ1n) is 7.19. The number of methoxy groups -OCH3 is 1. The molecule has 0 fully saturated rings. The van der Waals surface area contributed by atoms with Crippen LogP contribution in [0.25, 0.3) is 10.2 Å². The molecule has 1 heterocycles. The summed E-state index contributed by atoms with van der Waals surface area (Å²) in [5, 5.41) is 0.652. The van der Waals surface area contributed by atoms with Crippen LogP contribution >= 0.6 is 34.5 Å². The number of aromatic nitrogens is 1. The molecule has 0 aliphatic heterocycles. The summed E-state index contributed by atoms with van der Waals surface area (Å²) < 4.78 is 7.03. The first-order chi connectivity index (χ1) is 12.0. The molecule has 0 unspecified atom stereocenters. The molecular weight excluding hydrogens is 383 g/mol. The molecule has 128 valence electrons. The number of fused-ring (bicyclic) bond motifs is 1. The minimum absolute atomic E-state index is 0.128. The third-order valence-corrected chi connectivity index (χ3v) is 5.30. The van der Waals surface area contributed by atoms with Gasteiger partial charge in [-0.05, 0) is 24.3 Å². The van der Waals surface area contributed by atoms with Crippen LogP contribution < -0.4 is 4.80 Å². The van der Waals surface area contributed by atoms with Gasteiger partial charge >= 0.3 is 5.97 Å². The topological polar surface area (TPSA) is 60.7 Å². The number of ether oxygens (including phenoxy) is 1. The molecule has 1 aromatic heterocycles. The second-order valence-corrected chi connectivity index (χ2v) is 6.83. The molecular formula is C17H12Cl2N2O3S. The average molecular weight is 395 g/mol. The van der Waals surface area contributed by atoms with Crippen LogP contribution in [0.4, 0.5) is 0 Å². The van der Waals surface area contributed by atoms with Crippen LogP contribution in [0.1, 0.15) is 10.4 Å². The third-order valence-electron chi connectivity index (χ3n) is 3.47. The van der Waals surface area contributed by atoms with Crippen molar-refractivity contribution in [3.05, 3.63) is 62.9 Å². The van der Waals surface area contributed by atoms with Crippen LogP contribution in [0, 0.1) is 0 Å². The highest BCUT2D eigenvalue weighted by atomic mass is 35.5. The Morgan fingerprint density at radius 3 is 2.56 bits per heavy atom. The smallest absolute Gasteiger partial charge is 0.325 e. The Morgan fingerprint density at radius 1 is 1.16 bits per heavy atom. The van der Waals surface area contributed by atoms with E-state index in [0.717, 1.165) is 4.70 Å². The van der Waals surface area contributed by atoms with Crippen molar-refractivity contribution in [3.63, 3.8) is 0 Å². The van der Waals surface area contributed by atoms with E-state index >= 15 is 0 Å². The Labute approximate surface area is 157 Å². The fourth-order valence-corrected chi connectivity index (χ4v) is 3.77. The zero-order valence-electron chi connectivity index (χ0n) is 13.0. The van der Waals surface area contributed by atoms with Gasteiger partial charge in [-0.2, -0.15) is 4.99 Å². The largest absolute Gasteiger partial charge is 0.468 e. The minimum atomic E-state index is -0.482. The molecule has 8 heteroatoms. The molecule has 0 bridgehead atoms. The van der Waals surface area contributed by atoms with Gasteiger partial charge in [0.15, 0.2) is 4.80 Å². The Hall–Kier alpha value is -2.15. The lowest BCUT2D eigenvalue weighted by Crippen LogP contribution is -2.22. The van der Waals surface area contributed by atoms with E-state index in [4.69, 9.17) is 27.9 Å². The van der Waals surface area contributed by atoms with Crippen molar-refractivity contribution in [1.29, 1.82) is 0 Å². The molecule has 3 rings (SSSR count). The van der Waals surface area contributed by atoms with Crippen LogP contribution in [0.3, 0.4) is 0 Å². The quantitative estimate of drug-likeness (QED) is 0.632. The number of esters is 1. The molecule has 0 saturated heterocycles. The summed E-state index contributed by atoms with van der Waals surface area (Å²) in [6.07, 6.45) is 0. The van der Waals surface area contributed by atoms with Crippen molar-refractivity contribution >= 4 is 56.6 Å². The average Bonchev–Trinajstić information content (AvgIpc) is 2.96. The number of carbonyl (C=O) groups is 2. The monoisotopic (exact) mass is 394 g/mol. The lowest BCUT2D eigenvalue weighted by atomic mass is 10.2. The molecule has 0 radical (unpaired) electrons. The van der Waals surface area contributed by atoms with Gasteiger partial charge in [-0.15, -0.1) is 0 Å². The number of amides is 1. The van der Waals surface area contributed by atoms with Gasteiger partial charge in [0.1, 0.15) is 6.54 Å². The number of benzene rings is 2. The summed E-state index contributed by atoms with van der Waals surface area (Å²) in [7, 11) is 1.29. The van der Waals surface area contributed by atoms with E-state index in [2.05, 4.69) is 4.99 Å². The van der Waals surface area contributed by atoms with Crippen LogP contribution in [0.5, 0.6) is 0 Å². The highest BCUT2D eigenvalue weighted by molar-refractivity contribution is 7.16. The molecule has 0 atom stereocenters. The van der Waals surface area contributed by atoms with Crippen molar-refractivity contribution in [3.8, 4) is 0 Å². The van der Waals surface area contributed by atoms with E-state index in [0.29, 0.717) is 25.9 Å². The van der Waals surface area contributed by atoms with Crippen LogP contribution in [-0.2, 0) is 16.1 Å². The van der Waals surface area contributed by atoms with Gasteiger partial charge in [-0.25, -0.2) is 0 Å². The second kappa shape index (κ2) is 7.39. The summed E-state index contributed by atoms with van der Waals surface area (Å²) in [5.74, 6) is -0.891. The van der Waals surface area contributed by atoms with Gasteiger partial charge in [0, 0.05) is 5.56 Å². The number of hydrogen-bond donors (Lipinski definition) is 0. The molecule has 25 heavy (non-hydrogen) atoms. The van der Waals surface area contributed by atoms with Gasteiger partial charge in [0.05, 0.1) is 27.4 Å². The standard InChI is InChI=1S/C17H12Cl2N2O3S/c1-24-13(22)9-21-15-12(8-7-11(18)14(15)19)25-17(21)20-16(23)10-5-3-2-4-6-10/h2-8H,9H2,1H3. The summed E-state index contributed by atoms with van der Waals surface area (Å²) in [6, 6.07) is 12.1. The number of thiazole rings is 1. The van der Waals surface area contributed by atoms with Gasteiger partial charge in [0.25, 0.3) is 5.91 Å². The maximum atomic E-state index is 12.4. The molecule has 0 saturated carbocycles. The van der Waals surface area contributed by atoms with Crippen molar-refractivity contribution in [2.45, 2.75) is 6.54 Å². The van der Waals surface area contributed by atoms with Crippen LogP contribution in [0.2, 0.25) is 10.0 Å². The maximum absolute atomic E-state index is 12.4. The summed E-state index contributed by atoms with van der Waals surface area (Å²) in [6.45, 7) is -0.128. The fourth-order valence-electron chi connectivity index (χ4n) is 2.26. The maximum Gasteiger partial charge on any atom is 0.325 e. The molecule has 0 N–H and O–H groups in total. The molecule has 5 nitrogen and oxygen atoms in total. The number of carbonyl (C=O) groups excluding carboxylic acids is 2. The Kier molecular flexibility index (Phi) is 5.22. The predicted molar refractivity (Wildman–Crippen MR) is 98.2 cm³/mol. The van der Waals surface area contributed by atoms with Crippen molar-refractivity contribution in [1.82, 2.24) is 4.57 Å². The number of halogens is 2. The molecule has 3 aromatic rings. The predicted octanol–water partition coefficient (Wildman–Crippen LogP) is 3.92. The van der Waals surface area contributed by atoms with E-state index in [-0.39, 0.29) is 6.54 Å². The molecule has 2 aromatic carbocycles. The summed E-state index contributed by atoms with van der Waals surface area (Å²) >= 11 is 13.6. The fraction of sp³-hybridized carbons (Fsp3) is 0.118. The number of hydrogen-bond acceptors (Lipinski definition) is 4. The molecule has 0 aliphatic carbocycles. The molecule has 0 spiro atoms. The van der Waals surface area contributed by atoms with Gasteiger partial charge in [-0.1, -0.05) is 52.7 Å². The van der Waals surface area contributed by atoms with E-state index in [1.807, 2.05) is 6.07 Å². The van der Waals surface area contributed by atoms with Gasteiger partial charge in [0.2, 0.25) is 0 Å². The second-order valence-electron chi connectivity index (χ2n) is 5.04.